The van der Waals surface area contributed by atoms with Crippen molar-refractivity contribution in [3.8, 4) is 11.5 Å². The maximum absolute atomic E-state index is 13.5. The molecule has 3 aromatic carbocycles. The monoisotopic (exact) mass is 525 g/mol. The molecule has 0 saturated heterocycles. The van der Waals surface area contributed by atoms with Crippen LogP contribution in [0.1, 0.15) is 18.1 Å². The first-order valence-electron chi connectivity index (χ1n) is 10.6. The summed E-state index contributed by atoms with van der Waals surface area (Å²) in [6.07, 6.45) is 0. The number of halogens is 1. The number of carbonyl (C=O) groups excluding carboxylic acids is 2. The lowest BCUT2D eigenvalue weighted by atomic mass is 9.94. The number of rotatable bonds is 7. The van der Waals surface area contributed by atoms with Gasteiger partial charge in [0.1, 0.15) is 11.5 Å². The number of amides is 3. The number of carbonyl (C=O) groups is 2. The summed E-state index contributed by atoms with van der Waals surface area (Å²) in [5, 5.41) is 17.4. The molecule has 1 atom stereocenters. The summed E-state index contributed by atoms with van der Waals surface area (Å²) in [4.78, 5) is 27.7. The first-order valence-corrected chi connectivity index (χ1v) is 11.4. The van der Waals surface area contributed by atoms with E-state index in [0.29, 0.717) is 34.0 Å². The smallest absolute Gasteiger partial charge is 0.329 e. The lowest BCUT2D eigenvalue weighted by Gasteiger charge is -2.42. The number of hydrogen-bond donors (Lipinski definition) is 3. The summed E-state index contributed by atoms with van der Waals surface area (Å²) in [7, 11) is 1.57. The standard InChI is InChI=1S/C25H24BrN3O5/c1-3-34-20-11-7-18(8-12-20)29-24(31)28-22-13-6-17(26)14-21(22)25(29,32)23(30)27-15-16-4-9-19(33-2)10-5-16/h4-14,32H,3,15H2,1-2H3,(H,27,30)(H,28,31)/t25-/m1/s1. The van der Waals surface area contributed by atoms with Gasteiger partial charge >= 0.3 is 6.03 Å². The number of methoxy groups -OCH3 is 1. The predicted molar refractivity (Wildman–Crippen MR) is 132 cm³/mol. The molecule has 1 aliphatic heterocycles. The van der Waals surface area contributed by atoms with Crippen LogP contribution in [0, 0.1) is 0 Å². The number of hydrogen-bond acceptors (Lipinski definition) is 5. The van der Waals surface area contributed by atoms with E-state index in [1.165, 1.54) is 0 Å². The molecule has 0 saturated carbocycles. The normalized spacial score (nSPS) is 16.9. The van der Waals surface area contributed by atoms with Crippen molar-refractivity contribution in [2.24, 2.45) is 0 Å². The number of nitrogens with one attached hydrogen (secondary N) is 2. The Bertz CT molecular complexity index is 1200. The van der Waals surface area contributed by atoms with Gasteiger partial charge < -0.3 is 25.2 Å². The topological polar surface area (TPSA) is 100 Å². The fraction of sp³-hybridized carbons (Fsp3) is 0.200. The molecule has 4 rings (SSSR count). The maximum atomic E-state index is 13.5. The van der Waals surface area contributed by atoms with Gasteiger partial charge in [0.25, 0.3) is 11.6 Å². The van der Waals surface area contributed by atoms with Crippen molar-refractivity contribution in [3.63, 3.8) is 0 Å². The maximum Gasteiger partial charge on any atom is 0.329 e. The van der Waals surface area contributed by atoms with Gasteiger partial charge in [0, 0.05) is 22.3 Å². The Labute approximate surface area is 205 Å². The Morgan fingerprint density at radius 3 is 2.41 bits per heavy atom. The minimum atomic E-state index is -2.30. The highest BCUT2D eigenvalue weighted by Crippen LogP contribution is 2.41. The summed E-state index contributed by atoms with van der Waals surface area (Å²) in [5.41, 5.74) is -0.588. The molecule has 9 heteroatoms. The summed E-state index contributed by atoms with van der Waals surface area (Å²) < 4.78 is 11.3. The summed E-state index contributed by atoms with van der Waals surface area (Å²) in [5.74, 6) is 0.559. The molecule has 176 valence electrons. The van der Waals surface area contributed by atoms with Crippen LogP contribution in [-0.2, 0) is 17.1 Å². The third-order valence-corrected chi connectivity index (χ3v) is 5.95. The van der Waals surface area contributed by atoms with Gasteiger partial charge in [-0.1, -0.05) is 28.1 Å². The molecule has 0 aromatic heterocycles. The van der Waals surface area contributed by atoms with Crippen molar-refractivity contribution in [3.05, 3.63) is 82.3 Å². The second-order valence-corrected chi connectivity index (χ2v) is 8.50. The summed E-state index contributed by atoms with van der Waals surface area (Å²) in [6.45, 7) is 2.50. The Balaban J connectivity index is 1.72. The van der Waals surface area contributed by atoms with Crippen molar-refractivity contribution in [2.75, 3.05) is 23.9 Å². The molecule has 0 spiro atoms. The molecule has 3 N–H and O–H groups in total. The minimum Gasteiger partial charge on any atom is -0.497 e. The third kappa shape index (κ3) is 4.44. The van der Waals surface area contributed by atoms with Gasteiger partial charge in [-0.2, -0.15) is 0 Å². The molecule has 1 heterocycles. The highest BCUT2D eigenvalue weighted by atomic mass is 79.9. The molecule has 3 amide bonds. The highest BCUT2D eigenvalue weighted by Gasteiger charge is 2.52. The lowest BCUT2D eigenvalue weighted by Crippen LogP contribution is -2.62. The van der Waals surface area contributed by atoms with Crippen LogP contribution in [0.3, 0.4) is 0 Å². The second-order valence-electron chi connectivity index (χ2n) is 7.59. The molecule has 0 radical (unpaired) electrons. The van der Waals surface area contributed by atoms with Gasteiger partial charge in [-0.15, -0.1) is 0 Å². The molecule has 0 fully saturated rings. The van der Waals surface area contributed by atoms with E-state index >= 15 is 0 Å². The van der Waals surface area contributed by atoms with Crippen molar-refractivity contribution in [1.82, 2.24) is 5.32 Å². The second kappa shape index (κ2) is 9.74. The van der Waals surface area contributed by atoms with Gasteiger partial charge in [-0.25, -0.2) is 4.79 Å². The number of urea groups is 1. The summed E-state index contributed by atoms with van der Waals surface area (Å²) in [6, 6.07) is 18.1. The number of benzene rings is 3. The largest absolute Gasteiger partial charge is 0.497 e. The van der Waals surface area contributed by atoms with Crippen molar-refractivity contribution in [2.45, 2.75) is 19.2 Å². The van der Waals surface area contributed by atoms with Gasteiger partial charge in [-0.3, -0.25) is 9.69 Å². The third-order valence-electron chi connectivity index (χ3n) is 5.46. The van der Waals surface area contributed by atoms with E-state index in [1.54, 1.807) is 61.7 Å². The molecular formula is C25H24BrN3O5. The van der Waals surface area contributed by atoms with Crippen LogP contribution in [0.15, 0.2) is 71.2 Å². The van der Waals surface area contributed by atoms with Crippen LogP contribution < -0.4 is 25.0 Å². The predicted octanol–water partition coefficient (Wildman–Crippen LogP) is 4.37. The van der Waals surface area contributed by atoms with Crippen LogP contribution >= 0.6 is 15.9 Å². The van der Waals surface area contributed by atoms with Crippen molar-refractivity contribution in [1.29, 1.82) is 0 Å². The van der Waals surface area contributed by atoms with E-state index in [1.807, 2.05) is 19.1 Å². The van der Waals surface area contributed by atoms with Crippen LogP contribution in [0.2, 0.25) is 0 Å². The van der Waals surface area contributed by atoms with Crippen LogP contribution in [0.25, 0.3) is 0 Å². The molecule has 0 unspecified atom stereocenters. The first-order chi connectivity index (χ1) is 16.4. The first kappa shape index (κ1) is 23.6. The molecule has 0 aliphatic carbocycles. The van der Waals surface area contributed by atoms with E-state index in [4.69, 9.17) is 9.47 Å². The quantitative estimate of drug-likeness (QED) is 0.425. The molecule has 1 aliphatic rings. The molecule has 0 bridgehead atoms. The van der Waals surface area contributed by atoms with E-state index in [2.05, 4.69) is 26.6 Å². The van der Waals surface area contributed by atoms with Crippen LogP contribution in [-0.4, -0.2) is 30.8 Å². The molecule has 3 aromatic rings. The highest BCUT2D eigenvalue weighted by molar-refractivity contribution is 9.10. The van der Waals surface area contributed by atoms with E-state index in [0.717, 1.165) is 10.5 Å². The van der Waals surface area contributed by atoms with Gasteiger partial charge in [-0.05, 0) is 67.1 Å². The molecule has 8 nitrogen and oxygen atoms in total. The minimum absolute atomic E-state index is 0.146. The van der Waals surface area contributed by atoms with Crippen LogP contribution in [0.5, 0.6) is 11.5 Å². The van der Waals surface area contributed by atoms with Crippen LogP contribution in [0.4, 0.5) is 16.2 Å². The Hall–Kier alpha value is -3.56. The van der Waals surface area contributed by atoms with E-state index in [9.17, 15) is 14.7 Å². The van der Waals surface area contributed by atoms with E-state index in [-0.39, 0.29) is 12.1 Å². The zero-order valence-corrected chi connectivity index (χ0v) is 20.3. The number of aliphatic hydroxyl groups is 1. The zero-order chi connectivity index (χ0) is 24.3. The Kier molecular flexibility index (Phi) is 6.76. The Morgan fingerprint density at radius 1 is 1.09 bits per heavy atom. The van der Waals surface area contributed by atoms with Gasteiger partial charge in [0.15, 0.2) is 0 Å². The van der Waals surface area contributed by atoms with Gasteiger partial charge in [0.2, 0.25) is 0 Å². The Morgan fingerprint density at radius 2 is 1.76 bits per heavy atom. The van der Waals surface area contributed by atoms with Crippen molar-refractivity contribution < 1.29 is 24.2 Å². The average Bonchev–Trinajstić information content (AvgIpc) is 2.84. The lowest BCUT2D eigenvalue weighted by molar-refractivity contribution is -0.140. The summed E-state index contributed by atoms with van der Waals surface area (Å²) >= 11 is 3.40. The number of ether oxygens (including phenoxy) is 2. The average molecular weight is 526 g/mol. The fourth-order valence-corrected chi connectivity index (χ4v) is 4.15. The van der Waals surface area contributed by atoms with Crippen molar-refractivity contribution >= 4 is 39.2 Å². The number of anilines is 2. The number of fused-ring (bicyclic) bond motifs is 1. The molecule has 34 heavy (non-hydrogen) atoms. The van der Waals surface area contributed by atoms with E-state index < -0.39 is 17.7 Å². The number of nitrogens with zero attached hydrogens (tertiary/aromatic N) is 1. The SMILES string of the molecule is CCOc1ccc(N2C(=O)Nc3ccc(Br)cc3[C@@]2(O)C(=O)NCc2ccc(OC)cc2)cc1. The molecular weight excluding hydrogens is 502 g/mol. The van der Waals surface area contributed by atoms with Gasteiger partial charge in [0.05, 0.1) is 19.4 Å². The zero-order valence-electron chi connectivity index (χ0n) is 18.7. The fourth-order valence-electron chi connectivity index (χ4n) is 3.79.